The van der Waals surface area contributed by atoms with Gasteiger partial charge in [-0.3, -0.25) is 4.57 Å². The third kappa shape index (κ3) is 3.47. The Kier molecular flexibility index (Phi) is 3.77. The SMILES string of the molecule is [2H]c1c([2H])c([2H])c2c(c1[2H])c1c([2H])c([2H])c([2H])c([2H])c1n2-c1nc(-c2ccccc2-n2c3ccccc3c3ccccc32)c2sc3ccccc3c2n1. The van der Waals surface area contributed by atoms with E-state index in [1.54, 1.807) is 11.3 Å². The maximum Gasteiger partial charge on any atom is 0.235 e. The number of thiophene rings is 1. The standard InChI is InChI=1S/C40H24N4S/c1-7-19-31-25(13-1)26-14-2-8-20-32(26)43(31)35-23-11-5-17-29(35)37-39-38(30-18-6-12-24-36(30)45-39)42-40(41-37)44-33-21-9-3-15-27(33)28-16-4-10-22-34(28)44/h1-24H/i3D,4D,9D,10D,15D,16D,21D,22D. The molecule has 0 amide bonds. The molecule has 0 spiro atoms. The van der Waals surface area contributed by atoms with Gasteiger partial charge in [0.15, 0.2) is 0 Å². The van der Waals surface area contributed by atoms with Crippen LogP contribution in [-0.2, 0) is 0 Å². The van der Waals surface area contributed by atoms with E-state index in [4.69, 9.17) is 20.9 Å². The van der Waals surface area contributed by atoms with Gasteiger partial charge in [0.1, 0.15) is 0 Å². The van der Waals surface area contributed by atoms with Crippen molar-refractivity contribution in [2.45, 2.75) is 0 Å². The van der Waals surface area contributed by atoms with Gasteiger partial charge in [0.2, 0.25) is 5.95 Å². The Morgan fingerprint density at radius 2 is 1.09 bits per heavy atom. The van der Waals surface area contributed by atoms with Crippen LogP contribution in [0.2, 0.25) is 0 Å². The lowest BCUT2D eigenvalue weighted by Gasteiger charge is -2.15. The van der Waals surface area contributed by atoms with Crippen LogP contribution < -0.4 is 0 Å². The summed E-state index contributed by atoms with van der Waals surface area (Å²) in [6.07, 6.45) is 0. The second-order valence-electron chi connectivity index (χ2n) is 10.8. The van der Waals surface area contributed by atoms with E-state index in [0.717, 1.165) is 47.8 Å². The summed E-state index contributed by atoms with van der Waals surface area (Å²) in [4.78, 5) is 10.3. The summed E-state index contributed by atoms with van der Waals surface area (Å²) in [6, 6.07) is 28.7. The molecule has 0 saturated heterocycles. The highest BCUT2D eigenvalue weighted by atomic mass is 32.1. The number of hydrogen-bond donors (Lipinski definition) is 0. The number of aromatic nitrogens is 4. The Hall–Kier alpha value is -5.78. The first-order valence-corrected chi connectivity index (χ1v) is 15.3. The smallest absolute Gasteiger partial charge is 0.235 e. The first-order valence-electron chi connectivity index (χ1n) is 18.5. The van der Waals surface area contributed by atoms with E-state index in [-0.39, 0.29) is 27.8 Å². The number of rotatable bonds is 3. The van der Waals surface area contributed by atoms with Crippen molar-refractivity contribution in [2.24, 2.45) is 0 Å². The largest absolute Gasteiger partial charge is 0.309 e. The van der Waals surface area contributed by atoms with E-state index in [9.17, 15) is 0 Å². The van der Waals surface area contributed by atoms with Crippen LogP contribution in [0, 0.1) is 0 Å². The molecule has 0 fully saturated rings. The molecule has 0 N–H and O–H groups in total. The molecule has 10 aromatic rings. The Labute approximate surface area is 273 Å². The monoisotopic (exact) mass is 600 g/mol. The molecule has 5 heteroatoms. The normalized spacial score (nSPS) is 14.5. The van der Waals surface area contributed by atoms with E-state index < -0.39 is 48.3 Å². The molecule has 45 heavy (non-hydrogen) atoms. The Balaban J connectivity index is 1.40. The van der Waals surface area contributed by atoms with E-state index >= 15 is 0 Å². The molecule has 4 heterocycles. The fraction of sp³-hybridized carbons (Fsp3) is 0. The molecule has 0 aliphatic rings. The summed E-state index contributed by atoms with van der Waals surface area (Å²) < 4.78 is 75.5. The fourth-order valence-corrected chi connectivity index (χ4v) is 7.68. The summed E-state index contributed by atoms with van der Waals surface area (Å²) in [6.45, 7) is 0. The van der Waals surface area contributed by atoms with Crippen molar-refractivity contribution in [1.29, 1.82) is 0 Å². The van der Waals surface area contributed by atoms with Crippen LogP contribution in [0.5, 0.6) is 0 Å². The van der Waals surface area contributed by atoms with Gasteiger partial charge in [-0.25, -0.2) is 9.97 Å². The summed E-state index contributed by atoms with van der Waals surface area (Å²) in [7, 11) is 0. The minimum absolute atomic E-state index is 0.0168. The third-order valence-electron chi connectivity index (χ3n) is 8.42. The minimum Gasteiger partial charge on any atom is -0.309 e. The van der Waals surface area contributed by atoms with E-state index in [1.807, 2.05) is 72.8 Å². The lowest BCUT2D eigenvalue weighted by atomic mass is 10.1. The molecule has 4 aromatic heterocycles. The number of fused-ring (bicyclic) bond motifs is 9. The van der Waals surface area contributed by atoms with Crippen LogP contribution in [0.15, 0.2) is 145 Å². The van der Waals surface area contributed by atoms with Crippen molar-refractivity contribution in [2.75, 3.05) is 0 Å². The fourth-order valence-electron chi connectivity index (χ4n) is 6.53. The number of hydrogen-bond acceptors (Lipinski definition) is 3. The van der Waals surface area contributed by atoms with Gasteiger partial charge < -0.3 is 4.57 Å². The maximum atomic E-state index is 9.08. The van der Waals surface area contributed by atoms with Crippen molar-refractivity contribution in [3.63, 3.8) is 0 Å². The minimum atomic E-state index is -0.505. The highest BCUT2D eigenvalue weighted by Crippen LogP contribution is 2.42. The van der Waals surface area contributed by atoms with E-state index in [0.29, 0.717) is 11.2 Å². The molecule has 6 aromatic carbocycles. The molecule has 10 rings (SSSR count). The molecule has 0 aliphatic heterocycles. The molecule has 0 bridgehead atoms. The van der Waals surface area contributed by atoms with Crippen LogP contribution in [0.3, 0.4) is 0 Å². The number of para-hydroxylation sites is 5. The quantitative estimate of drug-likeness (QED) is 0.202. The second-order valence-corrected chi connectivity index (χ2v) is 11.9. The van der Waals surface area contributed by atoms with E-state index in [1.165, 1.54) is 4.57 Å². The summed E-state index contributed by atoms with van der Waals surface area (Å²) in [5.41, 5.74) is 4.79. The zero-order chi connectivity index (χ0) is 36.4. The predicted octanol–water partition coefficient (Wildman–Crippen LogP) is 10.7. The Bertz CT molecular complexity index is 3110. The first kappa shape index (κ1) is 18.1. The van der Waals surface area contributed by atoms with Crippen LogP contribution >= 0.6 is 11.3 Å². The van der Waals surface area contributed by atoms with Crippen molar-refractivity contribution in [3.8, 4) is 22.9 Å². The van der Waals surface area contributed by atoms with Crippen LogP contribution in [0.4, 0.5) is 0 Å². The molecule has 0 saturated carbocycles. The highest BCUT2D eigenvalue weighted by molar-refractivity contribution is 7.26. The van der Waals surface area contributed by atoms with Crippen LogP contribution in [0.25, 0.3) is 86.8 Å². The average molecular weight is 601 g/mol. The summed E-state index contributed by atoms with van der Waals surface area (Å²) in [5, 5.41) is 3.01. The average Bonchev–Trinajstić information content (AvgIpc) is 3.86. The maximum absolute atomic E-state index is 9.08. The van der Waals surface area contributed by atoms with Crippen molar-refractivity contribution in [1.82, 2.24) is 19.1 Å². The zero-order valence-electron chi connectivity index (χ0n) is 31.4. The van der Waals surface area contributed by atoms with Gasteiger partial charge in [-0.2, -0.15) is 0 Å². The van der Waals surface area contributed by atoms with Crippen molar-refractivity contribution < 1.29 is 11.0 Å². The Morgan fingerprint density at radius 3 is 1.80 bits per heavy atom. The zero-order valence-corrected chi connectivity index (χ0v) is 24.3. The molecular formula is C40H24N4S. The molecule has 0 aliphatic carbocycles. The predicted molar refractivity (Wildman–Crippen MR) is 189 cm³/mol. The van der Waals surface area contributed by atoms with Crippen LogP contribution in [0.1, 0.15) is 11.0 Å². The van der Waals surface area contributed by atoms with Crippen molar-refractivity contribution in [3.05, 3.63) is 145 Å². The van der Waals surface area contributed by atoms with Gasteiger partial charge in [-0.05, 0) is 36.4 Å². The lowest BCUT2D eigenvalue weighted by Crippen LogP contribution is -2.04. The molecular weight excluding hydrogens is 569 g/mol. The Morgan fingerprint density at radius 1 is 0.511 bits per heavy atom. The highest BCUT2D eigenvalue weighted by Gasteiger charge is 2.22. The van der Waals surface area contributed by atoms with Gasteiger partial charge in [-0.1, -0.05) is 109 Å². The summed E-state index contributed by atoms with van der Waals surface area (Å²) >= 11 is 1.54. The second kappa shape index (κ2) is 9.36. The molecule has 4 nitrogen and oxygen atoms in total. The van der Waals surface area contributed by atoms with Gasteiger partial charge in [0.05, 0.1) is 54.6 Å². The lowest BCUT2D eigenvalue weighted by molar-refractivity contribution is 1.02. The topological polar surface area (TPSA) is 35.6 Å². The van der Waals surface area contributed by atoms with Crippen molar-refractivity contribution >= 4 is 75.3 Å². The third-order valence-corrected chi connectivity index (χ3v) is 9.59. The molecule has 210 valence electrons. The van der Waals surface area contributed by atoms with Gasteiger partial charge in [0.25, 0.3) is 0 Å². The number of nitrogens with zero attached hydrogens (tertiary/aromatic N) is 4. The first-order chi connectivity index (χ1) is 25.7. The van der Waals surface area contributed by atoms with E-state index in [2.05, 4.69) is 28.8 Å². The molecule has 0 radical (unpaired) electrons. The number of benzene rings is 6. The molecule has 0 atom stereocenters. The van der Waals surface area contributed by atoms with Gasteiger partial charge >= 0.3 is 0 Å². The van der Waals surface area contributed by atoms with Gasteiger partial charge in [-0.15, -0.1) is 11.3 Å². The van der Waals surface area contributed by atoms with Crippen LogP contribution in [-0.4, -0.2) is 19.1 Å². The van der Waals surface area contributed by atoms with Gasteiger partial charge in [0, 0.05) is 37.2 Å². The molecule has 0 unspecified atom stereocenters. The summed E-state index contributed by atoms with van der Waals surface area (Å²) in [5.74, 6) is 0.0168.